The lowest BCUT2D eigenvalue weighted by Crippen LogP contribution is -2.34. The van der Waals surface area contributed by atoms with Gasteiger partial charge in [0.15, 0.2) is 0 Å². The molecule has 5 heteroatoms. The van der Waals surface area contributed by atoms with Crippen molar-refractivity contribution in [3.63, 3.8) is 0 Å². The van der Waals surface area contributed by atoms with Crippen molar-refractivity contribution < 1.29 is 9.53 Å². The lowest BCUT2D eigenvalue weighted by atomic mass is 10.0. The molecule has 0 aliphatic heterocycles. The van der Waals surface area contributed by atoms with E-state index in [1.807, 2.05) is 56.7 Å². The Hall–Kier alpha value is -2.79. The number of nitrogens with one attached hydrogen (secondary N) is 2. The minimum Gasteiger partial charge on any atom is -0.496 e. The molecule has 1 aromatic heterocycles. The number of H-pyrrole nitrogens is 1. The molecule has 1 amide bonds. The summed E-state index contributed by atoms with van der Waals surface area (Å²) >= 11 is 0. The Bertz CT molecular complexity index is 917. The first-order chi connectivity index (χ1) is 13.6. The number of hydrogen-bond acceptors (Lipinski definition) is 3. The Morgan fingerprint density at radius 1 is 1.14 bits per heavy atom. The zero-order valence-electron chi connectivity index (χ0n) is 16.9. The van der Waals surface area contributed by atoms with Crippen LogP contribution in [0.1, 0.15) is 30.0 Å². The van der Waals surface area contributed by atoms with Gasteiger partial charge in [0.25, 0.3) is 0 Å². The number of aryl methyl sites for hydroxylation is 1. The lowest BCUT2D eigenvalue weighted by Gasteiger charge is -2.26. The van der Waals surface area contributed by atoms with E-state index in [0.29, 0.717) is 13.0 Å². The summed E-state index contributed by atoms with van der Waals surface area (Å²) in [5, 5.41) is 4.33. The maximum atomic E-state index is 12.4. The summed E-state index contributed by atoms with van der Waals surface area (Å²) in [7, 11) is 5.70. The fourth-order valence-electron chi connectivity index (χ4n) is 3.59. The number of fused-ring (bicyclic) bond motifs is 1. The second-order valence-electron chi connectivity index (χ2n) is 7.24. The molecule has 0 saturated carbocycles. The van der Waals surface area contributed by atoms with Gasteiger partial charge < -0.3 is 19.9 Å². The first kappa shape index (κ1) is 20.0. The van der Waals surface area contributed by atoms with Crippen molar-refractivity contribution in [2.24, 2.45) is 0 Å². The number of aromatic amines is 1. The number of para-hydroxylation sites is 2. The van der Waals surface area contributed by atoms with Crippen LogP contribution in [-0.4, -0.2) is 43.5 Å². The standard InChI is InChI=1S/C23H29N3O2/c1-26(2)21(19-11-5-7-13-22(19)28-3)16-25-23(27)14-8-9-17-15-24-20-12-6-4-10-18(17)20/h4-7,10-13,15,21,24H,8-9,14,16H2,1-3H3,(H,25,27). The summed E-state index contributed by atoms with van der Waals surface area (Å²) in [6, 6.07) is 16.3. The van der Waals surface area contributed by atoms with Gasteiger partial charge >= 0.3 is 0 Å². The molecular weight excluding hydrogens is 350 g/mol. The molecule has 1 heterocycles. The number of carbonyl (C=O) groups is 1. The Labute approximate surface area is 166 Å². The first-order valence-corrected chi connectivity index (χ1v) is 9.71. The van der Waals surface area contributed by atoms with Crippen LogP contribution in [0.25, 0.3) is 10.9 Å². The zero-order chi connectivity index (χ0) is 19.9. The third-order valence-electron chi connectivity index (χ3n) is 5.14. The summed E-state index contributed by atoms with van der Waals surface area (Å²) in [4.78, 5) is 17.8. The van der Waals surface area contributed by atoms with Gasteiger partial charge in [-0.2, -0.15) is 0 Å². The van der Waals surface area contributed by atoms with E-state index < -0.39 is 0 Å². The molecule has 1 unspecified atom stereocenters. The molecule has 0 radical (unpaired) electrons. The highest BCUT2D eigenvalue weighted by Gasteiger charge is 2.19. The van der Waals surface area contributed by atoms with E-state index in [4.69, 9.17) is 4.74 Å². The molecule has 148 valence electrons. The number of likely N-dealkylation sites (N-methyl/N-ethyl adjacent to an activating group) is 1. The molecule has 28 heavy (non-hydrogen) atoms. The minimum absolute atomic E-state index is 0.0636. The van der Waals surface area contributed by atoms with Gasteiger partial charge in [-0.3, -0.25) is 4.79 Å². The van der Waals surface area contributed by atoms with Gasteiger partial charge in [-0.1, -0.05) is 36.4 Å². The van der Waals surface area contributed by atoms with Crippen LogP contribution in [0.4, 0.5) is 0 Å². The maximum absolute atomic E-state index is 12.4. The van der Waals surface area contributed by atoms with Crippen molar-refractivity contribution in [3.8, 4) is 5.75 Å². The van der Waals surface area contributed by atoms with Crippen LogP contribution in [0, 0.1) is 0 Å². The SMILES string of the molecule is COc1ccccc1C(CNC(=O)CCCc1c[nH]c2ccccc12)N(C)C. The molecule has 0 aliphatic carbocycles. The number of rotatable bonds is 9. The average Bonchev–Trinajstić information content (AvgIpc) is 3.11. The Morgan fingerprint density at radius 2 is 1.89 bits per heavy atom. The molecular formula is C23H29N3O2. The highest BCUT2D eigenvalue weighted by atomic mass is 16.5. The fraction of sp³-hybridized carbons (Fsp3) is 0.348. The van der Waals surface area contributed by atoms with Crippen molar-refractivity contribution in [1.29, 1.82) is 0 Å². The van der Waals surface area contributed by atoms with Crippen LogP contribution in [-0.2, 0) is 11.2 Å². The minimum atomic E-state index is 0.0636. The summed E-state index contributed by atoms with van der Waals surface area (Å²) in [5.74, 6) is 0.927. The third kappa shape index (κ3) is 4.73. The van der Waals surface area contributed by atoms with Crippen molar-refractivity contribution in [1.82, 2.24) is 15.2 Å². The largest absolute Gasteiger partial charge is 0.496 e. The number of nitrogens with zero attached hydrogens (tertiary/aromatic N) is 1. The van der Waals surface area contributed by atoms with Crippen LogP contribution >= 0.6 is 0 Å². The average molecular weight is 380 g/mol. The monoisotopic (exact) mass is 379 g/mol. The number of carbonyl (C=O) groups excluding carboxylic acids is 1. The molecule has 5 nitrogen and oxygen atoms in total. The van der Waals surface area contributed by atoms with Crippen LogP contribution in [0.3, 0.4) is 0 Å². The molecule has 1 atom stereocenters. The summed E-state index contributed by atoms with van der Waals surface area (Å²) in [5.41, 5.74) is 3.49. The number of aromatic nitrogens is 1. The Balaban J connectivity index is 1.52. The number of ether oxygens (including phenoxy) is 1. The molecule has 0 aliphatic rings. The molecule has 0 fully saturated rings. The molecule has 2 N–H and O–H groups in total. The lowest BCUT2D eigenvalue weighted by molar-refractivity contribution is -0.121. The molecule has 3 rings (SSSR count). The van der Waals surface area contributed by atoms with Crippen molar-refractivity contribution >= 4 is 16.8 Å². The van der Waals surface area contributed by atoms with E-state index in [0.717, 1.165) is 29.7 Å². The van der Waals surface area contributed by atoms with Crippen molar-refractivity contribution in [2.75, 3.05) is 27.7 Å². The quantitative estimate of drug-likeness (QED) is 0.592. The molecule has 0 bridgehead atoms. The molecule has 2 aromatic carbocycles. The van der Waals surface area contributed by atoms with E-state index in [1.54, 1.807) is 7.11 Å². The topological polar surface area (TPSA) is 57.4 Å². The van der Waals surface area contributed by atoms with E-state index in [1.165, 1.54) is 10.9 Å². The van der Waals surface area contributed by atoms with Crippen molar-refractivity contribution in [2.45, 2.75) is 25.3 Å². The summed E-state index contributed by atoms with van der Waals surface area (Å²) < 4.78 is 5.48. The van der Waals surface area contributed by atoms with E-state index in [2.05, 4.69) is 27.3 Å². The van der Waals surface area contributed by atoms with Crippen LogP contribution in [0.5, 0.6) is 5.75 Å². The van der Waals surface area contributed by atoms with Gasteiger partial charge in [0.2, 0.25) is 5.91 Å². The number of amides is 1. The van der Waals surface area contributed by atoms with Crippen molar-refractivity contribution in [3.05, 3.63) is 65.9 Å². The van der Waals surface area contributed by atoms with Gasteiger partial charge in [-0.15, -0.1) is 0 Å². The maximum Gasteiger partial charge on any atom is 0.220 e. The summed E-state index contributed by atoms with van der Waals surface area (Å²) in [6.45, 7) is 0.555. The van der Waals surface area contributed by atoms with Gasteiger partial charge in [-0.05, 0) is 44.6 Å². The normalized spacial score (nSPS) is 12.3. The van der Waals surface area contributed by atoms with Crippen LogP contribution < -0.4 is 10.1 Å². The van der Waals surface area contributed by atoms with E-state index in [-0.39, 0.29) is 11.9 Å². The Morgan fingerprint density at radius 3 is 2.68 bits per heavy atom. The fourth-order valence-corrected chi connectivity index (χ4v) is 3.59. The molecule has 0 spiro atoms. The number of hydrogen-bond donors (Lipinski definition) is 2. The highest BCUT2D eigenvalue weighted by molar-refractivity contribution is 5.83. The van der Waals surface area contributed by atoms with E-state index in [9.17, 15) is 4.79 Å². The third-order valence-corrected chi connectivity index (χ3v) is 5.14. The second kappa shape index (κ2) is 9.42. The van der Waals surface area contributed by atoms with Gasteiger partial charge in [-0.25, -0.2) is 0 Å². The Kier molecular flexibility index (Phi) is 6.71. The van der Waals surface area contributed by atoms with Crippen LogP contribution in [0.15, 0.2) is 54.7 Å². The van der Waals surface area contributed by atoms with Gasteiger partial charge in [0, 0.05) is 35.6 Å². The van der Waals surface area contributed by atoms with E-state index >= 15 is 0 Å². The highest BCUT2D eigenvalue weighted by Crippen LogP contribution is 2.27. The first-order valence-electron chi connectivity index (χ1n) is 9.71. The molecule has 0 saturated heterocycles. The van der Waals surface area contributed by atoms with Crippen LogP contribution in [0.2, 0.25) is 0 Å². The van der Waals surface area contributed by atoms with Gasteiger partial charge in [0.1, 0.15) is 5.75 Å². The number of methoxy groups -OCH3 is 1. The smallest absolute Gasteiger partial charge is 0.220 e. The second-order valence-corrected chi connectivity index (χ2v) is 7.24. The summed E-state index contributed by atoms with van der Waals surface area (Å²) in [6.07, 6.45) is 4.29. The number of benzene rings is 2. The zero-order valence-corrected chi connectivity index (χ0v) is 16.9. The predicted octanol–water partition coefficient (Wildman–Crippen LogP) is 3.92. The molecule has 3 aromatic rings. The predicted molar refractivity (Wildman–Crippen MR) is 114 cm³/mol. The van der Waals surface area contributed by atoms with Gasteiger partial charge in [0.05, 0.1) is 13.2 Å².